The van der Waals surface area contributed by atoms with Gasteiger partial charge in [0.05, 0.1) is 0 Å². The Morgan fingerprint density at radius 2 is 1.93 bits per heavy atom. The van der Waals surface area contributed by atoms with Crippen LogP contribution in [0.25, 0.3) is 0 Å². The number of alkyl halides is 2. The molecular formula is C8H6F2N2O2. The molecule has 4 nitrogen and oxygen atoms in total. The van der Waals surface area contributed by atoms with Gasteiger partial charge in [-0.05, 0) is 6.07 Å². The Morgan fingerprint density at radius 3 is 2.29 bits per heavy atom. The van der Waals surface area contributed by atoms with E-state index in [1.165, 1.54) is 18.5 Å². The summed E-state index contributed by atoms with van der Waals surface area (Å²) in [6, 6.07) is 1.44. The van der Waals surface area contributed by atoms with Gasteiger partial charge in [-0.25, -0.2) is 18.7 Å². The summed E-state index contributed by atoms with van der Waals surface area (Å²) in [5, 5.41) is 8.73. The van der Waals surface area contributed by atoms with Gasteiger partial charge in [-0.2, -0.15) is 0 Å². The lowest BCUT2D eigenvalue weighted by atomic mass is 10.1. The molecule has 0 amide bonds. The van der Waals surface area contributed by atoms with Gasteiger partial charge in [0.1, 0.15) is 0 Å². The van der Waals surface area contributed by atoms with Crippen molar-refractivity contribution < 1.29 is 18.7 Å². The highest BCUT2D eigenvalue weighted by molar-refractivity contribution is 5.86. The van der Waals surface area contributed by atoms with Gasteiger partial charge in [-0.1, -0.05) is 0 Å². The van der Waals surface area contributed by atoms with Crippen molar-refractivity contribution in [1.82, 2.24) is 9.97 Å². The lowest BCUT2D eigenvalue weighted by molar-refractivity contribution is -0.143. The first-order valence-corrected chi connectivity index (χ1v) is 3.89. The van der Waals surface area contributed by atoms with Gasteiger partial charge in [-0.15, -0.1) is 0 Å². The van der Waals surface area contributed by atoms with E-state index in [-0.39, 0.29) is 5.82 Å². The molecule has 1 saturated carbocycles. The normalized spacial score (nSPS) is 28.4. The largest absolute Gasteiger partial charge is 0.480 e. The van der Waals surface area contributed by atoms with Crippen molar-refractivity contribution in [3.05, 3.63) is 24.3 Å². The molecule has 0 radical (unpaired) electrons. The summed E-state index contributed by atoms with van der Waals surface area (Å²) in [5.41, 5.74) is -2.20. The number of carboxylic acids is 1. The third kappa shape index (κ3) is 0.934. The van der Waals surface area contributed by atoms with Crippen LogP contribution in [-0.4, -0.2) is 27.0 Å². The Hall–Kier alpha value is -1.59. The maximum Gasteiger partial charge on any atom is 0.323 e. The maximum atomic E-state index is 12.9. The monoisotopic (exact) mass is 200 g/mol. The van der Waals surface area contributed by atoms with Crippen LogP contribution in [0.4, 0.5) is 8.78 Å². The van der Waals surface area contributed by atoms with E-state index in [0.29, 0.717) is 0 Å². The first-order chi connectivity index (χ1) is 6.51. The van der Waals surface area contributed by atoms with Crippen LogP contribution in [0.3, 0.4) is 0 Å². The number of halogens is 2. The van der Waals surface area contributed by atoms with Gasteiger partial charge in [0, 0.05) is 18.8 Å². The van der Waals surface area contributed by atoms with E-state index >= 15 is 0 Å². The van der Waals surface area contributed by atoms with Crippen molar-refractivity contribution in [2.45, 2.75) is 17.8 Å². The molecule has 1 heterocycles. The number of rotatable bonds is 2. The summed E-state index contributed by atoms with van der Waals surface area (Å²) in [5.74, 6) is -5.13. The highest BCUT2D eigenvalue weighted by Gasteiger charge is 2.79. The van der Waals surface area contributed by atoms with E-state index in [0.717, 1.165) is 0 Å². The van der Waals surface area contributed by atoms with E-state index in [1.54, 1.807) is 0 Å². The van der Waals surface area contributed by atoms with Crippen LogP contribution in [0.2, 0.25) is 0 Å². The Labute approximate surface area is 77.6 Å². The molecule has 1 unspecified atom stereocenters. The first kappa shape index (κ1) is 8.98. The molecule has 14 heavy (non-hydrogen) atoms. The quantitative estimate of drug-likeness (QED) is 0.768. The Kier molecular flexibility index (Phi) is 1.58. The van der Waals surface area contributed by atoms with Crippen molar-refractivity contribution in [3.63, 3.8) is 0 Å². The van der Waals surface area contributed by atoms with Crippen LogP contribution in [-0.2, 0) is 10.2 Å². The third-order valence-corrected chi connectivity index (χ3v) is 2.30. The average molecular weight is 200 g/mol. The molecule has 0 saturated heterocycles. The summed E-state index contributed by atoms with van der Waals surface area (Å²) in [6.07, 6.45) is 1.78. The second kappa shape index (κ2) is 2.46. The number of nitrogens with zero attached hydrogens (tertiary/aromatic N) is 2. The second-order valence-electron chi connectivity index (χ2n) is 3.16. The van der Waals surface area contributed by atoms with Gasteiger partial charge in [0.2, 0.25) is 0 Å². The number of hydrogen-bond acceptors (Lipinski definition) is 3. The summed E-state index contributed by atoms with van der Waals surface area (Å²) in [4.78, 5) is 17.9. The number of aromatic nitrogens is 2. The maximum absolute atomic E-state index is 12.9. The molecule has 6 heteroatoms. The lowest BCUT2D eigenvalue weighted by Crippen LogP contribution is -2.29. The molecule has 1 atom stereocenters. The molecule has 2 rings (SSSR count). The summed E-state index contributed by atoms with van der Waals surface area (Å²) < 4.78 is 25.9. The van der Waals surface area contributed by atoms with E-state index < -0.39 is 23.7 Å². The SMILES string of the molecule is O=C(O)C1(c2ncccn2)CC1(F)F. The zero-order valence-corrected chi connectivity index (χ0v) is 6.94. The van der Waals surface area contributed by atoms with Crippen molar-refractivity contribution in [1.29, 1.82) is 0 Å². The summed E-state index contributed by atoms with van der Waals surface area (Å²) in [6.45, 7) is 0. The summed E-state index contributed by atoms with van der Waals surface area (Å²) >= 11 is 0. The van der Waals surface area contributed by atoms with Crippen molar-refractivity contribution in [2.24, 2.45) is 0 Å². The average Bonchev–Trinajstić information content (AvgIpc) is 2.72. The Morgan fingerprint density at radius 1 is 1.43 bits per heavy atom. The molecule has 0 aromatic carbocycles. The predicted molar refractivity (Wildman–Crippen MR) is 40.9 cm³/mol. The molecule has 0 bridgehead atoms. The molecular weight excluding hydrogens is 194 g/mol. The van der Waals surface area contributed by atoms with Crippen molar-refractivity contribution in [2.75, 3.05) is 0 Å². The Balaban J connectivity index is 2.47. The van der Waals surface area contributed by atoms with E-state index in [4.69, 9.17) is 5.11 Å². The predicted octanol–water partition coefficient (Wildman–Crippen LogP) is 0.838. The highest BCUT2D eigenvalue weighted by atomic mass is 19.3. The molecule has 1 fully saturated rings. The minimum Gasteiger partial charge on any atom is -0.480 e. The van der Waals surface area contributed by atoms with Crippen LogP contribution in [0, 0.1) is 0 Å². The van der Waals surface area contributed by atoms with Crippen LogP contribution in [0.5, 0.6) is 0 Å². The number of hydrogen-bond donors (Lipinski definition) is 1. The molecule has 1 N–H and O–H groups in total. The van der Waals surface area contributed by atoms with Crippen LogP contribution < -0.4 is 0 Å². The van der Waals surface area contributed by atoms with Gasteiger partial charge in [-0.3, -0.25) is 4.79 Å². The number of carbonyl (C=O) groups is 1. The zero-order valence-electron chi connectivity index (χ0n) is 6.94. The molecule has 0 spiro atoms. The topological polar surface area (TPSA) is 63.1 Å². The van der Waals surface area contributed by atoms with E-state index in [1.807, 2.05) is 0 Å². The first-order valence-electron chi connectivity index (χ1n) is 3.89. The second-order valence-corrected chi connectivity index (χ2v) is 3.16. The lowest BCUT2D eigenvalue weighted by Gasteiger charge is -2.08. The van der Waals surface area contributed by atoms with E-state index in [9.17, 15) is 13.6 Å². The Bertz CT molecular complexity index is 382. The molecule has 1 aliphatic rings. The molecule has 1 aromatic rings. The third-order valence-electron chi connectivity index (χ3n) is 2.30. The fourth-order valence-electron chi connectivity index (χ4n) is 1.38. The fraction of sp³-hybridized carbons (Fsp3) is 0.375. The van der Waals surface area contributed by atoms with E-state index in [2.05, 4.69) is 9.97 Å². The van der Waals surface area contributed by atoms with Gasteiger partial charge < -0.3 is 5.11 Å². The van der Waals surface area contributed by atoms with Crippen molar-refractivity contribution in [3.8, 4) is 0 Å². The van der Waals surface area contributed by atoms with Gasteiger partial charge in [0.25, 0.3) is 5.92 Å². The van der Waals surface area contributed by atoms with Crippen LogP contribution in [0.1, 0.15) is 12.2 Å². The standard InChI is InChI=1S/C8H6F2N2O2/c9-8(10)4-7(8,6(13)14)5-11-2-1-3-12-5/h1-3H,4H2,(H,13,14). The number of carboxylic acid groups (broad SMARTS) is 1. The van der Waals surface area contributed by atoms with Gasteiger partial charge in [0.15, 0.2) is 11.2 Å². The smallest absolute Gasteiger partial charge is 0.323 e. The minimum absolute atomic E-state index is 0.322. The molecule has 0 aliphatic heterocycles. The zero-order chi connectivity index (χ0) is 10.4. The van der Waals surface area contributed by atoms with Crippen molar-refractivity contribution >= 4 is 5.97 Å². The molecule has 1 aromatic heterocycles. The molecule has 1 aliphatic carbocycles. The fourth-order valence-corrected chi connectivity index (χ4v) is 1.38. The van der Waals surface area contributed by atoms with Gasteiger partial charge >= 0.3 is 5.97 Å². The number of aliphatic carboxylic acids is 1. The summed E-state index contributed by atoms with van der Waals surface area (Å²) in [7, 11) is 0. The highest BCUT2D eigenvalue weighted by Crippen LogP contribution is 2.60. The minimum atomic E-state index is -3.24. The van der Waals surface area contributed by atoms with Crippen LogP contribution >= 0.6 is 0 Å². The molecule has 74 valence electrons. The van der Waals surface area contributed by atoms with Crippen LogP contribution in [0.15, 0.2) is 18.5 Å².